The Hall–Kier alpha value is -1.35. The minimum absolute atomic E-state index is 0.322. The van der Waals surface area contributed by atoms with Gasteiger partial charge in [0.25, 0.3) is 0 Å². The molecule has 1 saturated heterocycles. The number of piperidine rings is 1. The Morgan fingerprint density at radius 1 is 1.25 bits per heavy atom. The molecular formula is C17H26N2O. The van der Waals surface area contributed by atoms with Gasteiger partial charge in [-0.05, 0) is 44.3 Å². The van der Waals surface area contributed by atoms with Crippen LogP contribution < -0.4 is 5.32 Å². The largest absolute Gasteiger partial charge is 0.340 e. The Bertz CT molecular complexity index is 399. The van der Waals surface area contributed by atoms with E-state index < -0.39 is 0 Å². The molecule has 2 rings (SSSR count). The van der Waals surface area contributed by atoms with Crippen LogP contribution in [0.25, 0.3) is 0 Å². The summed E-state index contributed by atoms with van der Waals surface area (Å²) in [5.41, 5.74) is 1.25. The van der Waals surface area contributed by atoms with Gasteiger partial charge in [0.1, 0.15) is 0 Å². The van der Waals surface area contributed by atoms with Gasteiger partial charge in [0.05, 0.1) is 0 Å². The van der Waals surface area contributed by atoms with Crippen LogP contribution in [0.15, 0.2) is 30.3 Å². The zero-order valence-electron chi connectivity index (χ0n) is 12.5. The van der Waals surface area contributed by atoms with E-state index in [0.29, 0.717) is 18.4 Å². The van der Waals surface area contributed by atoms with Crippen LogP contribution in [0.4, 0.5) is 0 Å². The van der Waals surface area contributed by atoms with Crippen molar-refractivity contribution in [1.82, 2.24) is 10.2 Å². The molecule has 0 atom stereocenters. The molecule has 0 aromatic heterocycles. The van der Waals surface area contributed by atoms with Crippen LogP contribution in [0.1, 0.15) is 38.2 Å². The van der Waals surface area contributed by atoms with Crippen LogP contribution >= 0.6 is 0 Å². The van der Waals surface area contributed by atoms with Gasteiger partial charge in [0.2, 0.25) is 5.91 Å². The topological polar surface area (TPSA) is 32.3 Å². The van der Waals surface area contributed by atoms with Crippen molar-refractivity contribution in [1.29, 1.82) is 0 Å². The van der Waals surface area contributed by atoms with Gasteiger partial charge in [-0.1, -0.05) is 37.3 Å². The van der Waals surface area contributed by atoms with E-state index in [2.05, 4.69) is 29.3 Å². The van der Waals surface area contributed by atoms with E-state index in [0.717, 1.165) is 45.3 Å². The van der Waals surface area contributed by atoms with Crippen molar-refractivity contribution in [3.63, 3.8) is 0 Å². The number of nitrogens with zero attached hydrogens (tertiary/aromatic N) is 1. The van der Waals surface area contributed by atoms with Crippen LogP contribution in [-0.2, 0) is 11.2 Å². The van der Waals surface area contributed by atoms with Crippen molar-refractivity contribution in [2.24, 2.45) is 0 Å². The van der Waals surface area contributed by atoms with Crippen LogP contribution in [-0.4, -0.2) is 36.5 Å². The van der Waals surface area contributed by atoms with Crippen LogP contribution in [0.5, 0.6) is 0 Å². The highest BCUT2D eigenvalue weighted by atomic mass is 16.2. The average Bonchev–Trinajstić information content (AvgIpc) is 2.52. The SMILES string of the molecule is CCCN(C(=O)CCc1ccccc1)C1CCNCC1. The number of hydrogen-bond donors (Lipinski definition) is 1. The molecule has 1 aromatic rings. The summed E-state index contributed by atoms with van der Waals surface area (Å²) in [6.07, 6.45) is 4.72. The molecule has 1 N–H and O–H groups in total. The number of carbonyl (C=O) groups is 1. The standard InChI is InChI=1S/C17H26N2O/c1-2-14-19(16-10-12-18-13-11-16)17(20)9-8-15-6-4-3-5-7-15/h3-7,16,18H,2,8-14H2,1H3. The predicted molar refractivity (Wildman–Crippen MR) is 82.7 cm³/mol. The van der Waals surface area contributed by atoms with Gasteiger partial charge in [-0.2, -0.15) is 0 Å². The quantitative estimate of drug-likeness (QED) is 0.865. The number of rotatable bonds is 6. The molecule has 0 saturated carbocycles. The Labute approximate surface area is 122 Å². The number of benzene rings is 1. The highest BCUT2D eigenvalue weighted by molar-refractivity contribution is 5.76. The van der Waals surface area contributed by atoms with E-state index in [4.69, 9.17) is 0 Å². The molecule has 110 valence electrons. The van der Waals surface area contributed by atoms with Gasteiger partial charge in [-0.25, -0.2) is 0 Å². The Kier molecular flexibility index (Phi) is 6.06. The van der Waals surface area contributed by atoms with Crippen molar-refractivity contribution in [3.05, 3.63) is 35.9 Å². The maximum Gasteiger partial charge on any atom is 0.223 e. The number of aryl methyl sites for hydroxylation is 1. The molecule has 1 fully saturated rings. The monoisotopic (exact) mass is 274 g/mol. The fourth-order valence-corrected chi connectivity index (χ4v) is 2.91. The third-order valence-electron chi connectivity index (χ3n) is 4.00. The van der Waals surface area contributed by atoms with Gasteiger partial charge < -0.3 is 10.2 Å². The summed E-state index contributed by atoms with van der Waals surface area (Å²) >= 11 is 0. The van der Waals surface area contributed by atoms with Gasteiger partial charge in [-0.15, -0.1) is 0 Å². The first-order chi connectivity index (χ1) is 9.81. The number of amides is 1. The molecule has 1 aromatic carbocycles. The lowest BCUT2D eigenvalue weighted by Crippen LogP contribution is -2.46. The van der Waals surface area contributed by atoms with E-state index in [-0.39, 0.29) is 0 Å². The molecule has 20 heavy (non-hydrogen) atoms. The normalized spacial score (nSPS) is 16.1. The molecule has 0 radical (unpaired) electrons. The van der Waals surface area contributed by atoms with Crippen molar-refractivity contribution >= 4 is 5.91 Å². The highest BCUT2D eigenvalue weighted by Crippen LogP contribution is 2.15. The maximum atomic E-state index is 12.5. The maximum absolute atomic E-state index is 12.5. The Balaban J connectivity index is 1.89. The molecule has 1 aliphatic heterocycles. The van der Waals surface area contributed by atoms with Crippen molar-refractivity contribution in [2.75, 3.05) is 19.6 Å². The molecular weight excluding hydrogens is 248 g/mol. The van der Waals surface area contributed by atoms with E-state index in [1.165, 1.54) is 5.56 Å². The second kappa shape index (κ2) is 8.05. The highest BCUT2D eigenvalue weighted by Gasteiger charge is 2.24. The fraction of sp³-hybridized carbons (Fsp3) is 0.588. The third kappa shape index (κ3) is 4.34. The zero-order valence-corrected chi connectivity index (χ0v) is 12.5. The first kappa shape index (κ1) is 15.0. The fourth-order valence-electron chi connectivity index (χ4n) is 2.91. The molecule has 0 aliphatic carbocycles. The lowest BCUT2D eigenvalue weighted by molar-refractivity contribution is -0.134. The number of hydrogen-bond acceptors (Lipinski definition) is 2. The minimum Gasteiger partial charge on any atom is -0.340 e. The van der Waals surface area contributed by atoms with E-state index in [9.17, 15) is 4.79 Å². The lowest BCUT2D eigenvalue weighted by atomic mass is 10.0. The molecule has 1 aliphatic rings. The van der Waals surface area contributed by atoms with Crippen molar-refractivity contribution in [2.45, 2.75) is 45.1 Å². The molecule has 0 bridgehead atoms. The molecule has 1 amide bonds. The third-order valence-corrected chi connectivity index (χ3v) is 4.00. The van der Waals surface area contributed by atoms with E-state index >= 15 is 0 Å². The van der Waals surface area contributed by atoms with E-state index in [1.807, 2.05) is 18.2 Å². The van der Waals surface area contributed by atoms with Crippen molar-refractivity contribution < 1.29 is 4.79 Å². The van der Waals surface area contributed by atoms with Crippen molar-refractivity contribution in [3.8, 4) is 0 Å². The van der Waals surface area contributed by atoms with Gasteiger partial charge in [-0.3, -0.25) is 4.79 Å². The molecule has 0 spiro atoms. The molecule has 0 unspecified atom stereocenters. The predicted octanol–water partition coefficient (Wildman–Crippen LogP) is 2.61. The minimum atomic E-state index is 0.322. The average molecular weight is 274 g/mol. The number of nitrogens with one attached hydrogen (secondary N) is 1. The van der Waals surface area contributed by atoms with Gasteiger partial charge >= 0.3 is 0 Å². The second-order valence-electron chi connectivity index (χ2n) is 5.55. The lowest BCUT2D eigenvalue weighted by Gasteiger charge is -2.34. The summed E-state index contributed by atoms with van der Waals surface area (Å²) in [5, 5.41) is 3.37. The molecule has 3 heteroatoms. The van der Waals surface area contributed by atoms with Crippen LogP contribution in [0.2, 0.25) is 0 Å². The summed E-state index contributed by atoms with van der Waals surface area (Å²) < 4.78 is 0. The summed E-state index contributed by atoms with van der Waals surface area (Å²) in [6, 6.07) is 10.7. The first-order valence-electron chi connectivity index (χ1n) is 7.85. The molecule has 3 nitrogen and oxygen atoms in total. The second-order valence-corrected chi connectivity index (χ2v) is 5.55. The van der Waals surface area contributed by atoms with Gasteiger partial charge in [0, 0.05) is 19.0 Å². The number of carbonyl (C=O) groups excluding carboxylic acids is 1. The summed E-state index contributed by atoms with van der Waals surface area (Å²) in [6.45, 7) is 5.13. The van der Waals surface area contributed by atoms with Crippen LogP contribution in [0.3, 0.4) is 0 Å². The zero-order chi connectivity index (χ0) is 14.2. The molecule has 1 heterocycles. The first-order valence-corrected chi connectivity index (χ1v) is 7.85. The summed E-state index contributed by atoms with van der Waals surface area (Å²) in [4.78, 5) is 14.6. The Morgan fingerprint density at radius 3 is 2.60 bits per heavy atom. The van der Waals surface area contributed by atoms with E-state index in [1.54, 1.807) is 0 Å². The van der Waals surface area contributed by atoms with Gasteiger partial charge in [0.15, 0.2) is 0 Å². The summed E-state index contributed by atoms with van der Waals surface area (Å²) in [5.74, 6) is 0.322. The van der Waals surface area contributed by atoms with Crippen LogP contribution in [0, 0.1) is 0 Å². The Morgan fingerprint density at radius 2 is 1.95 bits per heavy atom. The smallest absolute Gasteiger partial charge is 0.223 e. The summed E-state index contributed by atoms with van der Waals surface area (Å²) in [7, 11) is 0.